The molecule has 0 spiro atoms. The zero-order valence-corrected chi connectivity index (χ0v) is 12.1. The Labute approximate surface area is 127 Å². The van der Waals surface area contributed by atoms with Crippen LogP contribution in [0.25, 0.3) is 0 Å². The van der Waals surface area contributed by atoms with Crippen molar-refractivity contribution in [1.82, 2.24) is 0 Å². The third-order valence-corrected chi connectivity index (χ3v) is 4.38. The Morgan fingerprint density at radius 1 is 1.05 bits per heavy atom. The molecule has 21 heavy (non-hydrogen) atoms. The highest BCUT2D eigenvalue weighted by molar-refractivity contribution is 7.92. The third-order valence-electron chi connectivity index (χ3n) is 2.64. The van der Waals surface area contributed by atoms with Crippen molar-refractivity contribution in [2.24, 2.45) is 0 Å². The van der Waals surface area contributed by atoms with Crippen LogP contribution in [0.2, 0.25) is 5.02 Å². The number of benzene rings is 2. The number of anilines is 1. The molecule has 0 heterocycles. The van der Waals surface area contributed by atoms with Gasteiger partial charge in [0.15, 0.2) is 0 Å². The van der Waals surface area contributed by atoms with E-state index in [1.807, 2.05) is 12.1 Å². The topological polar surface area (TPSA) is 93.8 Å². The van der Waals surface area contributed by atoms with Crippen LogP contribution in [-0.2, 0) is 10.0 Å². The van der Waals surface area contributed by atoms with Gasteiger partial charge in [-0.2, -0.15) is 10.5 Å². The van der Waals surface area contributed by atoms with Gasteiger partial charge >= 0.3 is 0 Å². The molecule has 5 nitrogen and oxygen atoms in total. The summed E-state index contributed by atoms with van der Waals surface area (Å²) in [6.45, 7) is 0. The Morgan fingerprint density at radius 3 is 2.38 bits per heavy atom. The van der Waals surface area contributed by atoms with Crippen molar-refractivity contribution in [3.8, 4) is 12.1 Å². The Morgan fingerprint density at radius 2 is 1.76 bits per heavy atom. The maximum atomic E-state index is 12.3. The van der Waals surface area contributed by atoms with Crippen LogP contribution in [0.1, 0.15) is 11.1 Å². The van der Waals surface area contributed by atoms with E-state index in [0.29, 0.717) is 5.56 Å². The van der Waals surface area contributed by atoms with Gasteiger partial charge in [-0.25, -0.2) is 8.42 Å². The summed E-state index contributed by atoms with van der Waals surface area (Å²) in [6.07, 6.45) is 0. The van der Waals surface area contributed by atoms with E-state index in [4.69, 9.17) is 22.1 Å². The molecule has 1 N–H and O–H groups in total. The molecule has 0 aliphatic heterocycles. The molecule has 2 rings (SSSR count). The summed E-state index contributed by atoms with van der Waals surface area (Å²) in [5, 5.41) is 17.8. The van der Waals surface area contributed by atoms with Gasteiger partial charge in [0.1, 0.15) is 11.0 Å². The summed E-state index contributed by atoms with van der Waals surface area (Å²) in [4.78, 5) is -0.132. The van der Waals surface area contributed by atoms with Crippen molar-refractivity contribution in [1.29, 1.82) is 10.5 Å². The van der Waals surface area contributed by atoms with Crippen LogP contribution in [0, 0.1) is 22.7 Å². The van der Waals surface area contributed by atoms with E-state index in [2.05, 4.69) is 4.72 Å². The number of nitriles is 2. The molecule has 0 saturated heterocycles. The first-order valence-corrected chi connectivity index (χ1v) is 7.55. The molecule has 0 bridgehead atoms. The van der Waals surface area contributed by atoms with Crippen molar-refractivity contribution in [3.63, 3.8) is 0 Å². The molecule has 0 atom stereocenters. The normalized spacial score (nSPS) is 10.4. The van der Waals surface area contributed by atoms with Gasteiger partial charge < -0.3 is 0 Å². The van der Waals surface area contributed by atoms with Crippen LogP contribution in [0.5, 0.6) is 0 Å². The first-order valence-electron chi connectivity index (χ1n) is 5.69. The first-order chi connectivity index (χ1) is 9.97. The van der Waals surface area contributed by atoms with E-state index in [0.717, 1.165) is 0 Å². The van der Waals surface area contributed by atoms with Gasteiger partial charge in [0, 0.05) is 0 Å². The molecule has 7 heteroatoms. The number of hydrogen-bond donors (Lipinski definition) is 1. The van der Waals surface area contributed by atoms with Gasteiger partial charge in [0.25, 0.3) is 10.0 Å². The number of rotatable bonds is 3. The average Bonchev–Trinajstić information content (AvgIpc) is 2.49. The van der Waals surface area contributed by atoms with E-state index < -0.39 is 10.0 Å². The molecule has 2 aromatic rings. The smallest absolute Gasteiger partial charge is 0.263 e. The first kappa shape index (κ1) is 14.9. The molecule has 0 aliphatic rings. The molecule has 2 aromatic carbocycles. The zero-order chi connectivity index (χ0) is 15.5. The molecule has 0 saturated carbocycles. The highest BCUT2D eigenvalue weighted by Crippen LogP contribution is 2.26. The summed E-state index contributed by atoms with van der Waals surface area (Å²) in [6, 6.07) is 13.8. The fourth-order valence-corrected chi connectivity index (χ4v) is 3.18. The van der Waals surface area contributed by atoms with Crippen molar-refractivity contribution in [3.05, 3.63) is 58.6 Å². The van der Waals surface area contributed by atoms with Crippen LogP contribution in [-0.4, -0.2) is 8.42 Å². The molecule has 0 aliphatic carbocycles. The Kier molecular flexibility index (Phi) is 4.13. The fraction of sp³-hybridized carbons (Fsp3) is 0. The standard InChI is InChI=1S/C14H8ClN3O2S/c15-12-7-10(8-16)5-6-13(12)18-21(19,20)14-4-2-1-3-11(14)9-17/h1-7,18H. The lowest BCUT2D eigenvalue weighted by Crippen LogP contribution is -2.14. The van der Waals surface area contributed by atoms with Gasteiger partial charge in [-0.1, -0.05) is 23.7 Å². The molecule has 0 radical (unpaired) electrons. The van der Waals surface area contributed by atoms with Gasteiger partial charge in [0.05, 0.1) is 27.9 Å². The summed E-state index contributed by atoms with van der Waals surface area (Å²) in [5.41, 5.74) is 0.499. The van der Waals surface area contributed by atoms with Gasteiger partial charge in [-0.05, 0) is 30.3 Å². The quantitative estimate of drug-likeness (QED) is 0.941. The molecule has 0 fully saturated rings. The molecule has 104 valence electrons. The average molecular weight is 318 g/mol. The SMILES string of the molecule is N#Cc1ccc(NS(=O)(=O)c2ccccc2C#N)c(Cl)c1. The van der Waals surface area contributed by atoms with Crippen LogP contribution in [0.15, 0.2) is 47.4 Å². The summed E-state index contributed by atoms with van der Waals surface area (Å²) in [5.74, 6) is 0. The number of sulfonamides is 1. The predicted octanol–water partition coefficient (Wildman–Crippen LogP) is 2.88. The van der Waals surface area contributed by atoms with E-state index in [9.17, 15) is 8.42 Å². The largest absolute Gasteiger partial charge is 0.278 e. The molecule has 0 aromatic heterocycles. The number of nitrogens with zero attached hydrogens (tertiary/aromatic N) is 2. The Bertz CT molecular complexity index is 880. The zero-order valence-electron chi connectivity index (χ0n) is 10.5. The maximum Gasteiger partial charge on any atom is 0.263 e. The summed E-state index contributed by atoms with van der Waals surface area (Å²) >= 11 is 5.93. The van der Waals surface area contributed by atoms with Crippen molar-refractivity contribution in [2.45, 2.75) is 4.90 Å². The van der Waals surface area contributed by atoms with Crippen LogP contribution in [0.4, 0.5) is 5.69 Å². The molecule has 0 amide bonds. The Hall–Kier alpha value is -2.54. The van der Waals surface area contributed by atoms with E-state index in [-0.39, 0.29) is 21.2 Å². The number of hydrogen-bond acceptors (Lipinski definition) is 4. The minimum absolute atomic E-state index is 0.0368. The maximum absolute atomic E-state index is 12.3. The second-order valence-electron chi connectivity index (χ2n) is 4.02. The van der Waals surface area contributed by atoms with Gasteiger partial charge in [-0.15, -0.1) is 0 Å². The van der Waals surface area contributed by atoms with Crippen LogP contribution >= 0.6 is 11.6 Å². The highest BCUT2D eigenvalue weighted by atomic mass is 35.5. The van der Waals surface area contributed by atoms with E-state index >= 15 is 0 Å². The van der Waals surface area contributed by atoms with Crippen molar-refractivity contribution < 1.29 is 8.42 Å². The van der Waals surface area contributed by atoms with Gasteiger partial charge in [0.2, 0.25) is 0 Å². The minimum atomic E-state index is -3.94. The molecular weight excluding hydrogens is 310 g/mol. The van der Waals surface area contributed by atoms with E-state index in [1.165, 1.54) is 36.4 Å². The van der Waals surface area contributed by atoms with Crippen LogP contribution < -0.4 is 4.72 Å². The second-order valence-corrected chi connectivity index (χ2v) is 6.08. The Balaban J connectivity index is 2.44. The number of nitrogens with one attached hydrogen (secondary N) is 1. The minimum Gasteiger partial charge on any atom is -0.278 e. The monoisotopic (exact) mass is 317 g/mol. The highest BCUT2D eigenvalue weighted by Gasteiger charge is 2.19. The second kappa shape index (κ2) is 5.84. The van der Waals surface area contributed by atoms with Crippen molar-refractivity contribution in [2.75, 3.05) is 4.72 Å². The lowest BCUT2D eigenvalue weighted by Gasteiger charge is -2.10. The number of halogens is 1. The van der Waals surface area contributed by atoms with Gasteiger partial charge in [-0.3, -0.25) is 4.72 Å². The predicted molar refractivity (Wildman–Crippen MR) is 78.1 cm³/mol. The fourth-order valence-electron chi connectivity index (χ4n) is 1.66. The lowest BCUT2D eigenvalue weighted by atomic mass is 10.2. The lowest BCUT2D eigenvalue weighted by molar-refractivity contribution is 0.601. The van der Waals surface area contributed by atoms with E-state index in [1.54, 1.807) is 6.07 Å². The summed E-state index contributed by atoms with van der Waals surface area (Å²) in [7, 11) is -3.94. The molecular formula is C14H8ClN3O2S. The third kappa shape index (κ3) is 3.14. The summed E-state index contributed by atoms with van der Waals surface area (Å²) < 4.78 is 26.9. The van der Waals surface area contributed by atoms with Crippen LogP contribution in [0.3, 0.4) is 0 Å². The molecule has 0 unspecified atom stereocenters. The van der Waals surface area contributed by atoms with Crippen molar-refractivity contribution >= 4 is 27.3 Å².